The Bertz CT molecular complexity index is 594. The van der Waals surface area contributed by atoms with Crippen molar-refractivity contribution in [1.82, 2.24) is 14.5 Å². The lowest BCUT2D eigenvalue weighted by molar-refractivity contribution is 0.0408. The van der Waals surface area contributed by atoms with E-state index in [0.717, 1.165) is 45.0 Å². The fourth-order valence-corrected chi connectivity index (χ4v) is 3.26. The molecule has 1 aliphatic heterocycles. The second kappa shape index (κ2) is 7.75. The van der Waals surface area contributed by atoms with E-state index in [-0.39, 0.29) is 6.10 Å². The SMILES string of the molecule is CC(C)c1nccn1C[C@@H]1CN(Cc2ccccc2)CCCO1. The number of rotatable bonds is 5. The van der Waals surface area contributed by atoms with E-state index in [4.69, 9.17) is 4.74 Å². The van der Waals surface area contributed by atoms with Crippen molar-refractivity contribution < 1.29 is 4.74 Å². The van der Waals surface area contributed by atoms with Gasteiger partial charge in [0, 0.05) is 44.6 Å². The van der Waals surface area contributed by atoms with Crippen molar-refractivity contribution in [2.75, 3.05) is 19.7 Å². The highest BCUT2D eigenvalue weighted by atomic mass is 16.5. The Kier molecular flexibility index (Phi) is 5.47. The Balaban J connectivity index is 1.64. The van der Waals surface area contributed by atoms with Crippen LogP contribution in [0.1, 0.15) is 37.6 Å². The van der Waals surface area contributed by atoms with Crippen LogP contribution in [-0.4, -0.2) is 40.3 Å². The Hall–Kier alpha value is -1.65. The van der Waals surface area contributed by atoms with Gasteiger partial charge in [0.1, 0.15) is 5.82 Å². The molecule has 4 heteroatoms. The second-order valence-electron chi connectivity index (χ2n) is 6.66. The zero-order valence-electron chi connectivity index (χ0n) is 14.2. The van der Waals surface area contributed by atoms with Crippen LogP contribution in [-0.2, 0) is 17.8 Å². The van der Waals surface area contributed by atoms with E-state index in [1.165, 1.54) is 5.56 Å². The largest absolute Gasteiger partial charge is 0.375 e. The van der Waals surface area contributed by atoms with Gasteiger partial charge in [0.2, 0.25) is 0 Å². The third-order valence-electron chi connectivity index (χ3n) is 4.35. The van der Waals surface area contributed by atoms with Crippen molar-refractivity contribution in [3.8, 4) is 0 Å². The number of aromatic nitrogens is 2. The quantitative estimate of drug-likeness (QED) is 0.848. The average Bonchev–Trinajstić information content (AvgIpc) is 2.89. The van der Waals surface area contributed by atoms with Crippen LogP contribution in [0.3, 0.4) is 0 Å². The summed E-state index contributed by atoms with van der Waals surface area (Å²) in [6.45, 7) is 9.20. The van der Waals surface area contributed by atoms with Crippen LogP contribution in [0, 0.1) is 0 Å². The molecule has 0 bridgehead atoms. The normalized spacial score (nSPS) is 19.9. The summed E-state index contributed by atoms with van der Waals surface area (Å²) in [5, 5.41) is 0. The molecule has 1 saturated heterocycles. The van der Waals surface area contributed by atoms with Crippen LogP contribution in [0.2, 0.25) is 0 Å². The Morgan fingerprint density at radius 3 is 2.87 bits per heavy atom. The molecule has 124 valence electrons. The van der Waals surface area contributed by atoms with E-state index in [1.807, 2.05) is 6.20 Å². The number of imidazole rings is 1. The summed E-state index contributed by atoms with van der Waals surface area (Å²) in [4.78, 5) is 7.00. The highest BCUT2D eigenvalue weighted by molar-refractivity contribution is 5.14. The standard InChI is InChI=1S/C19H27N3O/c1-16(2)19-20-9-11-22(19)15-18-14-21(10-6-12-23-18)13-17-7-4-3-5-8-17/h3-5,7-9,11,16,18H,6,10,12-15H2,1-2H3/t18-/m0/s1. The summed E-state index contributed by atoms with van der Waals surface area (Å²) in [7, 11) is 0. The maximum Gasteiger partial charge on any atom is 0.111 e. The van der Waals surface area contributed by atoms with E-state index < -0.39 is 0 Å². The maximum absolute atomic E-state index is 6.09. The predicted octanol–water partition coefficient (Wildman–Crippen LogP) is 3.30. The third-order valence-corrected chi connectivity index (χ3v) is 4.35. The Labute approximate surface area is 139 Å². The van der Waals surface area contributed by atoms with Crippen molar-refractivity contribution in [1.29, 1.82) is 0 Å². The number of ether oxygens (including phenoxy) is 1. The van der Waals surface area contributed by atoms with Crippen LogP contribution < -0.4 is 0 Å². The molecule has 0 radical (unpaired) electrons. The molecule has 0 saturated carbocycles. The van der Waals surface area contributed by atoms with Gasteiger partial charge in [-0.05, 0) is 12.0 Å². The first-order chi connectivity index (χ1) is 11.2. The minimum absolute atomic E-state index is 0.230. The predicted molar refractivity (Wildman–Crippen MR) is 92.4 cm³/mol. The lowest BCUT2D eigenvalue weighted by Crippen LogP contribution is -2.34. The van der Waals surface area contributed by atoms with Gasteiger partial charge in [0.15, 0.2) is 0 Å². The maximum atomic E-state index is 6.09. The van der Waals surface area contributed by atoms with Gasteiger partial charge < -0.3 is 9.30 Å². The lowest BCUT2D eigenvalue weighted by atomic mass is 10.2. The number of hydrogen-bond donors (Lipinski definition) is 0. The molecule has 1 aromatic heterocycles. The summed E-state index contributed by atoms with van der Waals surface area (Å²) in [6.07, 6.45) is 5.30. The van der Waals surface area contributed by atoms with Crippen LogP contribution in [0.4, 0.5) is 0 Å². The minimum Gasteiger partial charge on any atom is -0.375 e. The number of nitrogens with zero attached hydrogens (tertiary/aromatic N) is 3. The second-order valence-corrected chi connectivity index (χ2v) is 6.66. The van der Waals surface area contributed by atoms with E-state index in [0.29, 0.717) is 5.92 Å². The molecule has 1 atom stereocenters. The molecule has 4 nitrogen and oxygen atoms in total. The van der Waals surface area contributed by atoms with Crippen LogP contribution in [0.15, 0.2) is 42.7 Å². The molecule has 1 aromatic carbocycles. The topological polar surface area (TPSA) is 30.3 Å². The molecule has 0 N–H and O–H groups in total. The molecule has 1 aliphatic rings. The van der Waals surface area contributed by atoms with Gasteiger partial charge >= 0.3 is 0 Å². The minimum atomic E-state index is 0.230. The molecular formula is C19H27N3O. The Morgan fingerprint density at radius 1 is 1.26 bits per heavy atom. The summed E-state index contributed by atoms with van der Waals surface area (Å²) in [5.41, 5.74) is 1.37. The molecule has 0 spiro atoms. The number of hydrogen-bond acceptors (Lipinski definition) is 3. The molecule has 3 rings (SSSR count). The smallest absolute Gasteiger partial charge is 0.111 e. The summed E-state index contributed by atoms with van der Waals surface area (Å²) in [5.74, 6) is 1.59. The van der Waals surface area contributed by atoms with Crippen molar-refractivity contribution in [2.45, 2.75) is 45.4 Å². The van der Waals surface area contributed by atoms with E-state index >= 15 is 0 Å². The molecule has 0 unspecified atom stereocenters. The zero-order chi connectivity index (χ0) is 16.1. The molecule has 0 aliphatic carbocycles. The summed E-state index contributed by atoms with van der Waals surface area (Å²) < 4.78 is 8.34. The van der Waals surface area contributed by atoms with Crippen molar-refractivity contribution in [3.05, 3.63) is 54.1 Å². The molecule has 23 heavy (non-hydrogen) atoms. The highest BCUT2D eigenvalue weighted by Crippen LogP contribution is 2.16. The van der Waals surface area contributed by atoms with Crippen molar-refractivity contribution in [2.24, 2.45) is 0 Å². The van der Waals surface area contributed by atoms with Gasteiger partial charge in [-0.15, -0.1) is 0 Å². The van der Waals surface area contributed by atoms with E-state index in [9.17, 15) is 0 Å². The van der Waals surface area contributed by atoms with Gasteiger partial charge in [-0.3, -0.25) is 4.90 Å². The third kappa shape index (κ3) is 4.43. The van der Waals surface area contributed by atoms with Gasteiger partial charge in [0.05, 0.1) is 12.6 Å². The molecular weight excluding hydrogens is 286 g/mol. The monoisotopic (exact) mass is 313 g/mol. The number of benzene rings is 1. The zero-order valence-corrected chi connectivity index (χ0v) is 14.2. The van der Waals surface area contributed by atoms with Crippen molar-refractivity contribution in [3.63, 3.8) is 0 Å². The molecule has 2 heterocycles. The van der Waals surface area contributed by atoms with Gasteiger partial charge in [0.25, 0.3) is 0 Å². The van der Waals surface area contributed by atoms with Crippen molar-refractivity contribution >= 4 is 0 Å². The van der Waals surface area contributed by atoms with Gasteiger partial charge in [-0.1, -0.05) is 44.2 Å². The van der Waals surface area contributed by atoms with Crippen LogP contribution >= 0.6 is 0 Å². The first-order valence-electron chi connectivity index (χ1n) is 8.61. The van der Waals surface area contributed by atoms with Crippen LogP contribution in [0.25, 0.3) is 0 Å². The lowest BCUT2D eigenvalue weighted by Gasteiger charge is -2.24. The molecule has 1 fully saturated rings. The Morgan fingerprint density at radius 2 is 2.09 bits per heavy atom. The summed E-state index contributed by atoms with van der Waals surface area (Å²) >= 11 is 0. The average molecular weight is 313 g/mol. The van der Waals surface area contributed by atoms with Gasteiger partial charge in [-0.2, -0.15) is 0 Å². The fraction of sp³-hybridized carbons (Fsp3) is 0.526. The first kappa shape index (κ1) is 16.2. The van der Waals surface area contributed by atoms with Crippen LogP contribution in [0.5, 0.6) is 0 Å². The molecule has 2 aromatic rings. The highest BCUT2D eigenvalue weighted by Gasteiger charge is 2.20. The summed E-state index contributed by atoms with van der Waals surface area (Å²) in [6, 6.07) is 10.7. The van der Waals surface area contributed by atoms with E-state index in [2.05, 4.69) is 64.8 Å². The molecule has 0 amide bonds. The van der Waals surface area contributed by atoms with Gasteiger partial charge in [-0.25, -0.2) is 4.98 Å². The van der Waals surface area contributed by atoms with E-state index in [1.54, 1.807) is 0 Å². The fourth-order valence-electron chi connectivity index (χ4n) is 3.26. The first-order valence-corrected chi connectivity index (χ1v) is 8.61.